The van der Waals surface area contributed by atoms with Crippen LogP contribution in [0.3, 0.4) is 0 Å². The molecule has 0 aromatic carbocycles. The number of nitrogens with zero attached hydrogens (tertiary/aromatic N) is 2. The van der Waals surface area contributed by atoms with Gasteiger partial charge in [-0.3, -0.25) is 0 Å². The number of hydrogen-bond acceptors (Lipinski definition) is 4. The summed E-state index contributed by atoms with van der Waals surface area (Å²) in [6.45, 7) is 0. The van der Waals surface area contributed by atoms with E-state index in [2.05, 4.69) is 15.3 Å². The molecule has 4 nitrogen and oxygen atoms in total. The molecule has 3 N–H and O–H groups in total. The van der Waals surface area contributed by atoms with Gasteiger partial charge in [-0.1, -0.05) is 24.4 Å². The Bertz CT molecular complexity index is 372. The van der Waals surface area contributed by atoms with Crippen LogP contribution in [0, 0.1) is 0 Å². The molecule has 0 radical (unpaired) electrons. The van der Waals surface area contributed by atoms with E-state index >= 15 is 0 Å². The van der Waals surface area contributed by atoms with Crippen LogP contribution in [-0.4, -0.2) is 22.1 Å². The van der Waals surface area contributed by atoms with Crippen LogP contribution in [-0.2, 0) is 0 Å². The molecule has 1 aromatic heterocycles. The Balaban J connectivity index is 2.10. The van der Waals surface area contributed by atoms with Gasteiger partial charge in [0, 0.05) is 12.1 Å². The van der Waals surface area contributed by atoms with Crippen LogP contribution in [0.5, 0.6) is 0 Å². The molecular weight excluding hydrogens is 247 g/mol. The molecule has 2 atom stereocenters. The highest BCUT2D eigenvalue weighted by atomic mass is 35.5. The van der Waals surface area contributed by atoms with Crippen molar-refractivity contribution in [1.82, 2.24) is 9.97 Å². The molecule has 0 amide bonds. The Hall–Kier alpha value is -0.580. The van der Waals surface area contributed by atoms with Crippen molar-refractivity contribution in [3.63, 3.8) is 0 Å². The predicted octanol–water partition coefficient (Wildman–Crippen LogP) is 2.47. The van der Waals surface area contributed by atoms with Crippen LogP contribution in [0.2, 0.25) is 10.3 Å². The van der Waals surface area contributed by atoms with Gasteiger partial charge in [-0.15, -0.1) is 0 Å². The van der Waals surface area contributed by atoms with E-state index in [9.17, 15) is 0 Å². The Morgan fingerprint density at radius 3 is 2.81 bits per heavy atom. The summed E-state index contributed by atoms with van der Waals surface area (Å²) < 4.78 is 0. The van der Waals surface area contributed by atoms with Gasteiger partial charge in [0.25, 0.3) is 0 Å². The highest BCUT2D eigenvalue weighted by molar-refractivity contribution is 6.33. The van der Waals surface area contributed by atoms with Crippen molar-refractivity contribution < 1.29 is 0 Å². The second-order valence-electron chi connectivity index (χ2n) is 4.03. The normalized spacial score (nSPS) is 25.4. The van der Waals surface area contributed by atoms with Gasteiger partial charge in [0.2, 0.25) is 5.28 Å². The number of halogens is 2. The van der Waals surface area contributed by atoms with Crippen molar-refractivity contribution in [2.45, 2.75) is 37.8 Å². The molecule has 6 heteroatoms. The van der Waals surface area contributed by atoms with E-state index in [0.717, 1.165) is 12.8 Å². The maximum atomic E-state index is 6.03. The van der Waals surface area contributed by atoms with Crippen molar-refractivity contribution in [1.29, 1.82) is 0 Å². The van der Waals surface area contributed by atoms with Gasteiger partial charge < -0.3 is 11.1 Å². The lowest BCUT2D eigenvalue weighted by Crippen LogP contribution is -2.42. The lowest BCUT2D eigenvalue weighted by Gasteiger charge is -2.29. The first-order chi connectivity index (χ1) is 7.66. The summed E-state index contributed by atoms with van der Waals surface area (Å²) in [5.41, 5.74) is 6.03. The Morgan fingerprint density at radius 1 is 1.31 bits per heavy atom. The summed E-state index contributed by atoms with van der Waals surface area (Å²) in [4.78, 5) is 7.86. The summed E-state index contributed by atoms with van der Waals surface area (Å²) in [5, 5.41) is 3.91. The van der Waals surface area contributed by atoms with E-state index in [1.807, 2.05) is 0 Å². The molecule has 0 spiro atoms. The zero-order valence-electron chi connectivity index (χ0n) is 8.79. The van der Waals surface area contributed by atoms with Gasteiger partial charge in [0.1, 0.15) is 10.8 Å². The van der Waals surface area contributed by atoms with Crippen LogP contribution in [0.15, 0.2) is 6.20 Å². The fourth-order valence-electron chi connectivity index (χ4n) is 1.96. The zero-order valence-corrected chi connectivity index (χ0v) is 10.3. The SMILES string of the molecule is NC1CCCCC1Nc1nc(Cl)ncc1Cl. The summed E-state index contributed by atoms with van der Waals surface area (Å²) >= 11 is 11.7. The molecule has 0 bridgehead atoms. The van der Waals surface area contributed by atoms with Gasteiger partial charge >= 0.3 is 0 Å². The molecule has 1 heterocycles. The first kappa shape index (κ1) is 11.9. The maximum absolute atomic E-state index is 6.03. The summed E-state index contributed by atoms with van der Waals surface area (Å²) in [6.07, 6.45) is 5.94. The van der Waals surface area contributed by atoms with Gasteiger partial charge in [-0.05, 0) is 24.4 Å². The van der Waals surface area contributed by atoms with Gasteiger partial charge in [-0.2, -0.15) is 4.98 Å². The van der Waals surface area contributed by atoms with Crippen molar-refractivity contribution in [2.75, 3.05) is 5.32 Å². The van der Waals surface area contributed by atoms with Crippen LogP contribution < -0.4 is 11.1 Å². The Morgan fingerprint density at radius 2 is 2.06 bits per heavy atom. The zero-order chi connectivity index (χ0) is 11.5. The minimum Gasteiger partial charge on any atom is -0.364 e. The van der Waals surface area contributed by atoms with Crippen molar-refractivity contribution in [3.8, 4) is 0 Å². The monoisotopic (exact) mass is 260 g/mol. The standard InChI is InChI=1S/C10H14Cl2N4/c11-6-5-14-10(12)16-9(6)15-8-4-2-1-3-7(8)13/h5,7-8H,1-4,13H2,(H,14,15,16). The highest BCUT2D eigenvalue weighted by Gasteiger charge is 2.22. The predicted molar refractivity (Wildman–Crippen MR) is 65.9 cm³/mol. The fraction of sp³-hybridized carbons (Fsp3) is 0.600. The Labute approximate surface area is 105 Å². The fourth-order valence-corrected chi connectivity index (χ4v) is 2.24. The number of nitrogens with two attached hydrogens (primary N) is 1. The third-order valence-electron chi connectivity index (χ3n) is 2.86. The molecule has 1 saturated carbocycles. The number of anilines is 1. The molecule has 88 valence electrons. The van der Waals surface area contributed by atoms with E-state index in [-0.39, 0.29) is 17.4 Å². The largest absolute Gasteiger partial charge is 0.364 e. The number of hydrogen-bond donors (Lipinski definition) is 2. The van der Waals surface area contributed by atoms with Crippen molar-refractivity contribution in [2.24, 2.45) is 5.73 Å². The molecule has 1 aliphatic rings. The smallest absolute Gasteiger partial charge is 0.224 e. The number of rotatable bonds is 2. The Kier molecular flexibility index (Phi) is 3.84. The van der Waals surface area contributed by atoms with E-state index in [1.165, 1.54) is 19.0 Å². The van der Waals surface area contributed by atoms with E-state index in [0.29, 0.717) is 10.8 Å². The summed E-state index contributed by atoms with van der Waals surface area (Å²) in [6, 6.07) is 0.371. The van der Waals surface area contributed by atoms with Crippen molar-refractivity contribution >= 4 is 29.0 Å². The van der Waals surface area contributed by atoms with Gasteiger partial charge in [0.05, 0.1) is 6.20 Å². The topological polar surface area (TPSA) is 63.8 Å². The molecule has 2 rings (SSSR count). The maximum Gasteiger partial charge on any atom is 0.224 e. The van der Waals surface area contributed by atoms with E-state index < -0.39 is 0 Å². The first-order valence-corrected chi connectivity index (χ1v) is 6.12. The molecule has 0 saturated heterocycles. The third-order valence-corrected chi connectivity index (χ3v) is 3.31. The first-order valence-electron chi connectivity index (χ1n) is 5.37. The van der Waals surface area contributed by atoms with Crippen molar-refractivity contribution in [3.05, 3.63) is 16.5 Å². The van der Waals surface area contributed by atoms with Crippen LogP contribution in [0.4, 0.5) is 5.82 Å². The van der Waals surface area contributed by atoms with Gasteiger partial charge in [-0.25, -0.2) is 4.98 Å². The van der Waals surface area contributed by atoms with E-state index in [4.69, 9.17) is 28.9 Å². The molecule has 0 aliphatic heterocycles. The minimum absolute atomic E-state index is 0.151. The quantitative estimate of drug-likeness (QED) is 0.803. The lowest BCUT2D eigenvalue weighted by molar-refractivity contribution is 0.403. The number of nitrogens with one attached hydrogen (secondary N) is 1. The average Bonchev–Trinajstić information content (AvgIpc) is 2.27. The second-order valence-corrected chi connectivity index (χ2v) is 4.78. The third kappa shape index (κ3) is 2.75. The molecule has 1 fully saturated rings. The van der Waals surface area contributed by atoms with Crippen LogP contribution >= 0.6 is 23.2 Å². The van der Waals surface area contributed by atoms with E-state index in [1.54, 1.807) is 0 Å². The highest BCUT2D eigenvalue weighted by Crippen LogP contribution is 2.24. The van der Waals surface area contributed by atoms with Crippen LogP contribution in [0.25, 0.3) is 0 Å². The van der Waals surface area contributed by atoms with Crippen LogP contribution in [0.1, 0.15) is 25.7 Å². The minimum atomic E-state index is 0.151. The van der Waals surface area contributed by atoms with Gasteiger partial charge in [0.15, 0.2) is 0 Å². The molecular formula is C10H14Cl2N4. The summed E-state index contributed by atoms with van der Waals surface area (Å²) in [5.74, 6) is 0.573. The molecule has 1 aliphatic carbocycles. The lowest BCUT2D eigenvalue weighted by atomic mass is 9.91. The molecule has 2 unspecified atom stereocenters. The molecule has 16 heavy (non-hydrogen) atoms. The average molecular weight is 261 g/mol. The second kappa shape index (κ2) is 5.17. The summed E-state index contributed by atoms with van der Waals surface area (Å²) in [7, 11) is 0. The number of aromatic nitrogens is 2. The molecule has 1 aromatic rings.